The molecule has 1 heterocycles. The van der Waals surface area contributed by atoms with Crippen LogP contribution in [0.25, 0.3) is 22.3 Å². The number of halogens is 2. The van der Waals surface area contributed by atoms with E-state index >= 15 is 0 Å². The number of aryl methyl sites for hydroxylation is 2. The highest BCUT2D eigenvalue weighted by Gasteiger charge is 2.16. The van der Waals surface area contributed by atoms with Crippen LogP contribution in [0.3, 0.4) is 0 Å². The number of pyridine rings is 1. The first-order valence-corrected chi connectivity index (χ1v) is 9.16. The summed E-state index contributed by atoms with van der Waals surface area (Å²) >= 11 is 0. The molecule has 0 aliphatic heterocycles. The van der Waals surface area contributed by atoms with Crippen LogP contribution in [0.2, 0.25) is 0 Å². The standard InChI is InChI=1S/C23H23F2N/c1-3-5-6-19-12-11-18(15-26-19)21-14-13-20(22(24)23(21)25)17-9-7-16(4-2)8-10-17/h7-15H,3-6H2,1-2H3. The zero-order valence-electron chi connectivity index (χ0n) is 15.2. The molecule has 0 amide bonds. The largest absolute Gasteiger partial charge is 0.261 e. The van der Waals surface area contributed by atoms with Crippen LogP contribution in [0.15, 0.2) is 54.7 Å². The van der Waals surface area contributed by atoms with Gasteiger partial charge in [-0.3, -0.25) is 4.98 Å². The summed E-state index contributed by atoms with van der Waals surface area (Å²) in [4.78, 5) is 4.37. The van der Waals surface area contributed by atoms with E-state index in [0.717, 1.165) is 31.4 Å². The van der Waals surface area contributed by atoms with E-state index < -0.39 is 11.6 Å². The molecule has 0 spiro atoms. The molecular formula is C23H23F2N. The lowest BCUT2D eigenvalue weighted by molar-refractivity contribution is 0.514. The van der Waals surface area contributed by atoms with Gasteiger partial charge in [0.15, 0.2) is 11.6 Å². The van der Waals surface area contributed by atoms with E-state index in [1.54, 1.807) is 18.3 Å². The second-order valence-electron chi connectivity index (χ2n) is 6.48. The maximum Gasteiger partial charge on any atom is 0.167 e. The normalized spacial score (nSPS) is 10.9. The third-order valence-corrected chi connectivity index (χ3v) is 4.68. The Labute approximate surface area is 153 Å². The predicted octanol–water partition coefficient (Wildman–Crippen LogP) is 6.60. The van der Waals surface area contributed by atoms with Crippen LogP contribution in [0.1, 0.15) is 37.9 Å². The minimum absolute atomic E-state index is 0.242. The summed E-state index contributed by atoms with van der Waals surface area (Å²) in [6.07, 6.45) is 5.61. The van der Waals surface area contributed by atoms with Crippen molar-refractivity contribution >= 4 is 0 Å². The number of nitrogens with zero attached hydrogens (tertiary/aromatic N) is 1. The van der Waals surface area contributed by atoms with Crippen LogP contribution in [-0.2, 0) is 12.8 Å². The van der Waals surface area contributed by atoms with Gasteiger partial charge in [0.05, 0.1) is 0 Å². The molecule has 0 atom stereocenters. The third-order valence-electron chi connectivity index (χ3n) is 4.68. The van der Waals surface area contributed by atoms with E-state index in [-0.39, 0.29) is 11.1 Å². The molecule has 0 N–H and O–H groups in total. The van der Waals surface area contributed by atoms with Crippen LogP contribution in [0.4, 0.5) is 8.78 Å². The Hall–Kier alpha value is -2.55. The first kappa shape index (κ1) is 18.2. The molecule has 26 heavy (non-hydrogen) atoms. The van der Waals surface area contributed by atoms with E-state index in [1.165, 1.54) is 5.56 Å². The Morgan fingerprint density at radius 2 is 1.38 bits per heavy atom. The average molecular weight is 351 g/mol. The second-order valence-corrected chi connectivity index (χ2v) is 6.48. The Bertz CT molecular complexity index is 868. The molecule has 0 aliphatic carbocycles. The number of rotatable bonds is 6. The van der Waals surface area contributed by atoms with Gasteiger partial charge in [0.1, 0.15) is 0 Å². The van der Waals surface area contributed by atoms with Crippen molar-refractivity contribution in [1.29, 1.82) is 0 Å². The molecule has 0 radical (unpaired) electrons. The fourth-order valence-electron chi connectivity index (χ4n) is 3.00. The second kappa shape index (κ2) is 8.22. The van der Waals surface area contributed by atoms with Crippen LogP contribution in [-0.4, -0.2) is 4.98 Å². The molecular weight excluding hydrogens is 328 g/mol. The summed E-state index contributed by atoms with van der Waals surface area (Å²) in [5.41, 5.74) is 3.93. The van der Waals surface area contributed by atoms with Gasteiger partial charge in [-0.2, -0.15) is 0 Å². The van der Waals surface area contributed by atoms with Gasteiger partial charge in [0.25, 0.3) is 0 Å². The maximum absolute atomic E-state index is 14.7. The molecule has 0 saturated heterocycles. The van der Waals surface area contributed by atoms with Crippen molar-refractivity contribution in [3.63, 3.8) is 0 Å². The highest BCUT2D eigenvalue weighted by Crippen LogP contribution is 2.31. The number of aromatic nitrogens is 1. The van der Waals surface area contributed by atoms with E-state index in [1.807, 2.05) is 36.4 Å². The van der Waals surface area contributed by atoms with Crippen molar-refractivity contribution in [1.82, 2.24) is 4.98 Å². The van der Waals surface area contributed by atoms with E-state index in [4.69, 9.17) is 0 Å². The van der Waals surface area contributed by atoms with Crippen LogP contribution in [0, 0.1) is 11.6 Å². The van der Waals surface area contributed by atoms with Gasteiger partial charge in [-0.1, -0.05) is 62.7 Å². The molecule has 3 aromatic rings. The lowest BCUT2D eigenvalue weighted by Crippen LogP contribution is -1.96. The summed E-state index contributed by atoms with van der Waals surface area (Å²) in [7, 11) is 0. The van der Waals surface area contributed by atoms with Gasteiger partial charge in [0, 0.05) is 28.6 Å². The van der Waals surface area contributed by atoms with E-state index in [2.05, 4.69) is 18.8 Å². The molecule has 0 bridgehead atoms. The Kier molecular flexibility index (Phi) is 5.77. The van der Waals surface area contributed by atoms with Gasteiger partial charge in [-0.05, 0) is 36.5 Å². The number of unbranched alkanes of at least 4 members (excludes halogenated alkanes) is 1. The van der Waals surface area contributed by atoms with Crippen molar-refractivity contribution in [2.24, 2.45) is 0 Å². The first-order chi connectivity index (χ1) is 12.6. The smallest absolute Gasteiger partial charge is 0.167 e. The highest BCUT2D eigenvalue weighted by atomic mass is 19.2. The third kappa shape index (κ3) is 3.82. The Morgan fingerprint density at radius 3 is 1.92 bits per heavy atom. The summed E-state index contributed by atoms with van der Waals surface area (Å²) in [5.74, 6) is -1.65. The molecule has 0 saturated carbocycles. The van der Waals surface area contributed by atoms with Gasteiger partial charge in [-0.15, -0.1) is 0 Å². The van der Waals surface area contributed by atoms with Crippen molar-refractivity contribution in [2.45, 2.75) is 39.5 Å². The van der Waals surface area contributed by atoms with E-state index in [9.17, 15) is 8.78 Å². The number of hydrogen-bond donors (Lipinski definition) is 0. The molecule has 2 aromatic carbocycles. The van der Waals surface area contributed by atoms with Crippen LogP contribution in [0.5, 0.6) is 0 Å². The molecule has 0 unspecified atom stereocenters. The van der Waals surface area contributed by atoms with Crippen molar-refractivity contribution < 1.29 is 8.78 Å². The monoisotopic (exact) mass is 351 g/mol. The molecule has 3 rings (SSSR count). The first-order valence-electron chi connectivity index (χ1n) is 9.16. The maximum atomic E-state index is 14.7. The van der Waals surface area contributed by atoms with Crippen molar-refractivity contribution in [2.75, 3.05) is 0 Å². The zero-order chi connectivity index (χ0) is 18.5. The zero-order valence-corrected chi connectivity index (χ0v) is 15.2. The van der Waals surface area contributed by atoms with Crippen molar-refractivity contribution in [3.8, 4) is 22.3 Å². The van der Waals surface area contributed by atoms with Gasteiger partial charge in [-0.25, -0.2) is 8.78 Å². The van der Waals surface area contributed by atoms with Gasteiger partial charge >= 0.3 is 0 Å². The lowest BCUT2D eigenvalue weighted by Gasteiger charge is -2.10. The number of benzene rings is 2. The SMILES string of the molecule is CCCCc1ccc(-c2ccc(-c3ccc(CC)cc3)c(F)c2F)cn1. The summed E-state index contributed by atoms with van der Waals surface area (Å²) < 4.78 is 29.3. The van der Waals surface area contributed by atoms with E-state index in [0.29, 0.717) is 11.1 Å². The van der Waals surface area contributed by atoms with Gasteiger partial charge in [0.2, 0.25) is 0 Å². The van der Waals surface area contributed by atoms with Crippen LogP contribution >= 0.6 is 0 Å². The Balaban J connectivity index is 1.91. The number of hydrogen-bond acceptors (Lipinski definition) is 1. The fourth-order valence-corrected chi connectivity index (χ4v) is 3.00. The molecule has 0 fully saturated rings. The summed E-state index contributed by atoms with van der Waals surface area (Å²) in [5, 5.41) is 0. The minimum atomic E-state index is -0.829. The molecule has 1 nitrogen and oxygen atoms in total. The summed E-state index contributed by atoms with van der Waals surface area (Å²) in [6.45, 7) is 4.19. The quantitative estimate of drug-likeness (QED) is 0.487. The molecule has 1 aromatic heterocycles. The Morgan fingerprint density at radius 1 is 0.769 bits per heavy atom. The summed E-state index contributed by atoms with van der Waals surface area (Å²) in [6, 6.07) is 14.5. The topological polar surface area (TPSA) is 12.9 Å². The highest BCUT2D eigenvalue weighted by molar-refractivity contribution is 5.71. The lowest BCUT2D eigenvalue weighted by atomic mass is 9.98. The predicted molar refractivity (Wildman–Crippen MR) is 103 cm³/mol. The average Bonchev–Trinajstić information content (AvgIpc) is 2.69. The molecule has 0 aliphatic rings. The van der Waals surface area contributed by atoms with Crippen LogP contribution < -0.4 is 0 Å². The molecule has 3 heteroatoms. The fraction of sp³-hybridized carbons (Fsp3) is 0.261. The molecule has 134 valence electrons. The minimum Gasteiger partial charge on any atom is -0.261 e. The van der Waals surface area contributed by atoms with Gasteiger partial charge < -0.3 is 0 Å². The van der Waals surface area contributed by atoms with Crippen molar-refractivity contribution in [3.05, 3.63) is 77.6 Å².